The van der Waals surface area contributed by atoms with Crippen molar-refractivity contribution in [3.05, 3.63) is 54.2 Å². The molecule has 0 aliphatic rings. The van der Waals surface area contributed by atoms with E-state index in [0.717, 1.165) is 10.9 Å². The van der Waals surface area contributed by atoms with Crippen LogP contribution in [0.5, 0.6) is 0 Å². The maximum atomic E-state index is 12.2. The summed E-state index contributed by atoms with van der Waals surface area (Å²) < 4.78 is 0. The van der Waals surface area contributed by atoms with Gasteiger partial charge in [-0.15, -0.1) is 0 Å². The Morgan fingerprint density at radius 3 is 2.36 bits per heavy atom. The molecular formula is C16H14N4O2. The first-order valence-electron chi connectivity index (χ1n) is 6.74. The zero-order chi connectivity index (χ0) is 15.5. The Balaban J connectivity index is 1.74. The van der Waals surface area contributed by atoms with Crippen molar-refractivity contribution in [2.45, 2.75) is 6.92 Å². The molecule has 110 valence electrons. The van der Waals surface area contributed by atoms with Gasteiger partial charge < -0.3 is 10.6 Å². The largest absolute Gasteiger partial charge is 0.326 e. The van der Waals surface area contributed by atoms with E-state index in [-0.39, 0.29) is 11.8 Å². The lowest BCUT2D eigenvalue weighted by atomic mass is 10.1. The molecule has 2 amide bonds. The lowest BCUT2D eigenvalue weighted by Crippen LogP contribution is -2.12. The molecule has 2 aromatic carbocycles. The van der Waals surface area contributed by atoms with Gasteiger partial charge in [-0.25, -0.2) is 0 Å². The normalized spacial score (nSPS) is 10.4. The number of anilines is 2. The van der Waals surface area contributed by atoms with Crippen molar-refractivity contribution >= 4 is 34.1 Å². The highest BCUT2D eigenvalue weighted by molar-refractivity contribution is 6.06. The molecule has 1 heterocycles. The molecular weight excluding hydrogens is 280 g/mol. The Morgan fingerprint density at radius 2 is 1.68 bits per heavy atom. The van der Waals surface area contributed by atoms with Crippen LogP contribution < -0.4 is 10.6 Å². The molecule has 1 aromatic heterocycles. The number of aromatic nitrogens is 2. The van der Waals surface area contributed by atoms with Gasteiger partial charge in [-0.3, -0.25) is 14.7 Å². The number of carbonyl (C=O) groups is 2. The van der Waals surface area contributed by atoms with Crippen molar-refractivity contribution in [1.29, 1.82) is 0 Å². The summed E-state index contributed by atoms with van der Waals surface area (Å²) in [6.45, 7) is 1.45. The molecule has 0 aliphatic heterocycles. The van der Waals surface area contributed by atoms with Crippen molar-refractivity contribution in [2.75, 3.05) is 10.6 Å². The van der Waals surface area contributed by atoms with Crippen LogP contribution in [0.1, 0.15) is 17.3 Å². The Kier molecular flexibility index (Phi) is 3.57. The first kappa shape index (κ1) is 13.8. The summed E-state index contributed by atoms with van der Waals surface area (Å²) in [4.78, 5) is 23.2. The molecule has 22 heavy (non-hydrogen) atoms. The third kappa shape index (κ3) is 2.95. The van der Waals surface area contributed by atoms with Crippen molar-refractivity contribution < 1.29 is 9.59 Å². The summed E-state index contributed by atoms with van der Waals surface area (Å²) >= 11 is 0. The second-order valence-electron chi connectivity index (χ2n) is 4.88. The van der Waals surface area contributed by atoms with E-state index in [4.69, 9.17) is 0 Å². The Bertz CT molecular complexity index is 837. The molecule has 6 heteroatoms. The molecule has 0 spiro atoms. The first-order valence-corrected chi connectivity index (χ1v) is 6.74. The molecule has 3 N–H and O–H groups in total. The number of H-pyrrole nitrogens is 1. The number of hydrogen-bond donors (Lipinski definition) is 3. The summed E-state index contributed by atoms with van der Waals surface area (Å²) in [6.07, 6.45) is 1.71. The van der Waals surface area contributed by atoms with E-state index in [2.05, 4.69) is 20.8 Å². The van der Waals surface area contributed by atoms with Gasteiger partial charge in [0, 0.05) is 29.2 Å². The van der Waals surface area contributed by atoms with E-state index in [1.807, 2.05) is 6.07 Å². The molecule has 0 bridgehead atoms. The number of nitrogens with zero attached hydrogens (tertiary/aromatic N) is 1. The minimum Gasteiger partial charge on any atom is -0.326 e. The zero-order valence-corrected chi connectivity index (χ0v) is 11.9. The zero-order valence-electron chi connectivity index (χ0n) is 11.9. The minimum atomic E-state index is -0.205. The smallest absolute Gasteiger partial charge is 0.255 e. The van der Waals surface area contributed by atoms with Gasteiger partial charge in [-0.05, 0) is 36.4 Å². The molecule has 0 saturated heterocycles. The second kappa shape index (κ2) is 5.69. The predicted octanol–water partition coefficient (Wildman–Crippen LogP) is 2.77. The third-order valence-electron chi connectivity index (χ3n) is 3.17. The van der Waals surface area contributed by atoms with Crippen LogP contribution in [-0.4, -0.2) is 22.0 Å². The minimum absolute atomic E-state index is 0.135. The highest BCUT2D eigenvalue weighted by Gasteiger charge is 2.08. The number of hydrogen-bond acceptors (Lipinski definition) is 3. The van der Waals surface area contributed by atoms with Crippen LogP contribution in [0.25, 0.3) is 10.9 Å². The number of benzene rings is 2. The lowest BCUT2D eigenvalue weighted by Gasteiger charge is -2.07. The average molecular weight is 294 g/mol. The monoisotopic (exact) mass is 294 g/mol. The topological polar surface area (TPSA) is 86.9 Å². The maximum absolute atomic E-state index is 12.2. The lowest BCUT2D eigenvalue weighted by molar-refractivity contribution is -0.114. The standard InChI is InChI=1S/C16H14N4O2/c1-10(21)18-13-4-6-14(7-5-13)19-16(22)11-2-3-12-9-17-20-15(12)8-11/h2-9H,1H3,(H,17,20)(H,18,21)(H,19,22). The SMILES string of the molecule is CC(=O)Nc1ccc(NC(=O)c2ccc3cn[nH]c3c2)cc1. The van der Waals surface area contributed by atoms with Crippen LogP contribution in [0.2, 0.25) is 0 Å². The van der Waals surface area contributed by atoms with E-state index in [1.165, 1.54) is 6.92 Å². The van der Waals surface area contributed by atoms with Gasteiger partial charge in [-0.1, -0.05) is 6.07 Å². The quantitative estimate of drug-likeness (QED) is 0.694. The Hall–Kier alpha value is -3.15. The van der Waals surface area contributed by atoms with Gasteiger partial charge in [0.2, 0.25) is 5.91 Å². The summed E-state index contributed by atoms with van der Waals surface area (Å²) in [5.41, 5.74) is 2.70. The van der Waals surface area contributed by atoms with Gasteiger partial charge in [0.05, 0.1) is 11.7 Å². The molecule has 3 rings (SSSR count). The van der Waals surface area contributed by atoms with Crippen LogP contribution in [0.15, 0.2) is 48.7 Å². The van der Waals surface area contributed by atoms with E-state index in [9.17, 15) is 9.59 Å². The fourth-order valence-electron chi connectivity index (χ4n) is 2.12. The average Bonchev–Trinajstić information content (AvgIpc) is 2.96. The number of aromatic amines is 1. The maximum Gasteiger partial charge on any atom is 0.255 e. The van der Waals surface area contributed by atoms with Crippen LogP contribution >= 0.6 is 0 Å². The van der Waals surface area contributed by atoms with Crippen molar-refractivity contribution in [3.8, 4) is 0 Å². The molecule has 0 atom stereocenters. The van der Waals surface area contributed by atoms with Gasteiger partial charge in [0.1, 0.15) is 0 Å². The summed E-state index contributed by atoms with van der Waals surface area (Å²) in [5, 5.41) is 13.2. The molecule has 6 nitrogen and oxygen atoms in total. The highest BCUT2D eigenvalue weighted by atomic mass is 16.2. The summed E-state index contributed by atoms with van der Waals surface area (Å²) in [5.74, 6) is -0.339. The Labute approximate surface area is 126 Å². The molecule has 0 radical (unpaired) electrons. The molecule has 0 aliphatic carbocycles. The number of nitrogens with one attached hydrogen (secondary N) is 3. The van der Waals surface area contributed by atoms with Gasteiger partial charge in [-0.2, -0.15) is 5.10 Å². The number of carbonyl (C=O) groups excluding carboxylic acids is 2. The highest BCUT2D eigenvalue weighted by Crippen LogP contribution is 2.17. The van der Waals surface area contributed by atoms with Crippen molar-refractivity contribution in [1.82, 2.24) is 10.2 Å². The van der Waals surface area contributed by atoms with E-state index in [0.29, 0.717) is 16.9 Å². The van der Waals surface area contributed by atoms with Gasteiger partial charge in [0.25, 0.3) is 5.91 Å². The number of amides is 2. The Morgan fingerprint density at radius 1 is 1.00 bits per heavy atom. The van der Waals surface area contributed by atoms with Crippen LogP contribution in [0, 0.1) is 0 Å². The molecule has 0 fully saturated rings. The molecule has 3 aromatic rings. The van der Waals surface area contributed by atoms with Crippen LogP contribution in [0.4, 0.5) is 11.4 Å². The van der Waals surface area contributed by atoms with Gasteiger partial charge >= 0.3 is 0 Å². The van der Waals surface area contributed by atoms with Gasteiger partial charge in [0.15, 0.2) is 0 Å². The fraction of sp³-hybridized carbons (Fsp3) is 0.0625. The predicted molar refractivity (Wildman–Crippen MR) is 84.8 cm³/mol. The summed E-state index contributed by atoms with van der Waals surface area (Å²) in [6, 6.07) is 12.3. The molecule has 0 saturated carbocycles. The third-order valence-corrected chi connectivity index (χ3v) is 3.17. The van der Waals surface area contributed by atoms with E-state index >= 15 is 0 Å². The van der Waals surface area contributed by atoms with Crippen molar-refractivity contribution in [2.24, 2.45) is 0 Å². The molecule has 0 unspecified atom stereocenters. The van der Waals surface area contributed by atoms with E-state index < -0.39 is 0 Å². The van der Waals surface area contributed by atoms with E-state index in [1.54, 1.807) is 42.6 Å². The number of rotatable bonds is 3. The van der Waals surface area contributed by atoms with Crippen LogP contribution in [-0.2, 0) is 4.79 Å². The van der Waals surface area contributed by atoms with Crippen LogP contribution in [0.3, 0.4) is 0 Å². The van der Waals surface area contributed by atoms with Crippen molar-refractivity contribution in [3.63, 3.8) is 0 Å². The first-order chi connectivity index (χ1) is 10.6. The summed E-state index contributed by atoms with van der Waals surface area (Å²) in [7, 11) is 0. The number of fused-ring (bicyclic) bond motifs is 1. The second-order valence-corrected chi connectivity index (χ2v) is 4.88. The fourth-order valence-corrected chi connectivity index (χ4v) is 2.12.